The van der Waals surface area contributed by atoms with Gasteiger partial charge in [0.05, 0.1) is 12.6 Å². The smallest absolute Gasteiger partial charge is 0.185 e. The van der Waals surface area contributed by atoms with Crippen molar-refractivity contribution in [2.75, 3.05) is 13.7 Å². The molecule has 2 N–H and O–H groups in total. The molecule has 2 saturated heterocycles. The van der Waals surface area contributed by atoms with Crippen LogP contribution in [0.3, 0.4) is 0 Å². The number of aliphatic hydroxyl groups is 1. The van der Waals surface area contributed by atoms with Gasteiger partial charge in [-0.15, -0.1) is 0 Å². The number of ether oxygens (including phenoxy) is 4. The van der Waals surface area contributed by atoms with E-state index in [0.29, 0.717) is 10.9 Å². The van der Waals surface area contributed by atoms with Crippen LogP contribution in [0.1, 0.15) is 17.4 Å². The van der Waals surface area contributed by atoms with E-state index >= 15 is 0 Å². The Bertz CT molecular complexity index is 825. The van der Waals surface area contributed by atoms with Crippen LogP contribution in [0.25, 0.3) is 0 Å². The Hall–Kier alpha value is -1.52. The highest BCUT2D eigenvalue weighted by Crippen LogP contribution is 2.34. The highest BCUT2D eigenvalue weighted by molar-refractivity contribution is 8.22. The van der Waals surface area contributed by atoms with Crippen LogP contribution in [0.4, 0.5) is 0 Å². The molecule has 6 atom stereocenters. The predicted octanol–water partition coefficient (Wildman–Crippen LogP) is 3.01. The van der Waals surface area contributed by atoms with Crippen LogP contribution in [0.15, 0.2) is 60.7 Å². The molecule has 0 unspecified atom stereocenters. The molecule has 2 fully saturated rings. The first-order chi connectivity index (χ1) is 14.7. The first-order valence-corrected chi connectivity index (χ1v) is 11.2. The van der Waals surface area contributed by atoms with E-state index in [9.17, 15) is 5.11 Å². The average Bonchev–Trinajstić information content (AvgIpc) is 2.80. The van der Waals surface area contributed by atoms with Crippen LogP contribution >= 0.6 is 24.0 Å². The maximum atomic E-state index is 10.9. The fraction of sp³-hybridized carbons (Fsp3) is 0.409. The van der Waals surface area contributed by atoms with Crippen molar-refractivity contribution >= 4 is 28.3 Å². The monoisotopic (exact) mass is 447 g/mol. The lowest BCUT2D eigenvalue weighted by Gasteiger charge is -2.48. The number of thioether (sulfide) groups is 1. The van der Waals surface area contributed by atoms with E-state index in [-0.39, 0.29) is 6.10 Å². The molecule has 4 rings (SSSR count). The zero-order chi connectivity index (χ0) is 20.9. The highest BCUT2D eigenvalue weighted by atomic mass is 32.2. The summed E-state index contributed by atoms with van der Waals surface area (Å²) in [4.78, 5) is 0. The van der Waals surface area contributed by atoms with Gasteiger partial charge in [0, 0.05) is 18.4 Å². The van der Waals surface area contributed by atoms with E-state index in [0.717, 1.165) is 11.3 Å². The number of rotatable bonds is 5. The van der Waals surface area contributed by atoms with Crippen molar-refractivity contribution in [1.29, 1.82) is 0 Å². The molecular weight excluding hydrogens is 422 g/mol. The Labute approximate surface area is 185 Å². The largest absolute Gasteiger partial charge is 0.386 e. The maximum absolute atomic E-state index is 10.9. The Morgan fingerprint density at radius 1 is 1.13 bits per heavy atom. The standard InChI is InChI=1S/C22H25NO5S2/c1-25-21-18(24)17(23-22(29)30-13-14-8-4-2-5-9-14)19-16(27-21)12-26-20(28-19)15-10-6-3-7-11-15/h2-11,16-21,24H,12-13H2,1H3,(H,23,29)/t16-,17-,18-,19-,20-,21+/m0/s1. The number of methoxy groups -OCH3 is 1. The number of hydrogen-bond donors (Lipinski definition) is 2. The third-order valence-electron chi connectivity index (χ3n) is 5.17. The second-order valence-electron chi connectivity index (χ2n) is 7.18. The summed E-state index contributed by atoms with van der Waals surface area (Å²) in [5, 5.41) is 14.1. The second kappa shape index (κ2) is 10.2. The van der Waals surface area contributed by atoms with Crippen molar-refractivity contribution < 1.29 is 24.1 Å². The van der Waals surface area contributed by atoms with Crippen LogP contribution in [-0.2, 0) is 24.7 Å². The van der Waals surface area contributed by atoms with Crippen molar-refractivity contribution in [3.05, 3.63) is 71.8 Å². The first kappa shape index (κ1) is 21.7. The summed E-state index contributed by atoms with van der Waals surface area (Å²) in [5.41, 5.74) is 2.09. The minimum Gasteiger partial charge on any atom is -0.386 e. The van der Waals surface area contributed by atoms with Gasteiger partial charge in [0.15, 0.2) is 12.6 Å². The molecule has 0 radical (unpaired) electrons. The second-order valence-corrected chi connectivity index (χ2v) is 8.83. The quantitative estimate of drug-likeness (QED) is 0.678. The number of thiocarbonyl (C=S) groups is 1. The fourth-order valence-corrected chi connectivity index (χ4v) is 4.67. The van der Waals surface area contributed by atoms with E-state index in [1.165, 1.54) is 24.4 Å². The summed E-state index contributed by atoms with van der Waals surface area (Å²) < 4.78 is 23.9. The average molecular weight is 448 g/mol. The molecular formula is C22H25NO5S2. The van der Waals surface area contributed by atoms with Crippen LogP contribution < -0.4 is 5.32 Å². The van der Waals surface area contributed by atoms with E-state index in [1.54, 1.807) is 0 Å². The molecule has 0 amide bonds. The van der Waals surface area contributed by atoms with Crippen molar-refractivity contribution in [2.24, 2.45) is 0 Å². The van der Waals surface area contributed by atoms with Gasteiger partial charge in [-0.2, -0.15) is 0 Å². The van der Waals surface area contributed by atoms with Gasteiger partial charge < -0.3 is 29.4 Å². The van der Waals surface area contributed by atoms with Crippen molar-refractivity contribution in [1.82, 2.24) is 5.32 Å². The maximum Gasteiger partial charge on any atom is 0.185 e. The lowest BCUT2D eigenvalue weighted by molar-refractivity contribution is -0.339. The molecule has 0 bridgehead atoms. The van der Waals surface area contributed by atoms with Crippen molar-refractivity contribution in [3.63, 3.8) is 0 Å². The summed E-state index contributed by atoms with van der Waals surface area (Å²) in [7, 11) is 1.51. The Morgan fingerprint density at radius 2 is 1.83 bits per heavy atom. The molecule has 2 aromatic rings. The fourth-order valence-electron chi connectivity index (χ4n) is 3.64. The molecule has 0 spiro atoms. The third-order valence-corrected chi connectivity index (χ3v) is 6.50. The number of hydrogen-bond acceptors (Lipinski definition) is 7. The van der Waals surface area contributed by atoms with Gasteiger partial charge in [0.1, 0.15) is 22.6 Å². The molecule has 0 saturated carbocycles. The van der Waals surface area contributed by atoms with Crippen LogP contribution in [0.5, 0.6) is 0 Å². The minimum atomic E-state index is -0.943. The minimum absolute atomic E-state index is 0.332. The Morgan fingerprint density at radius 3 is 2.53 bits per heavy atom. The molecule has 30 heavy (non-hydrogen) atoms. The van der Waals surface area contributed by atoms with Gasteiger partial charge >= 0.3 is 0 Å². The highest BCUT2D eigenvalue weighted by Gasteiger charge is 2.50. The topological polar surface area (TPSA) is 69.2 Å². The van der Waals surface area contributed by atoms with Gasteiger partial charge in [0.25, 0.3) is 0 Å². The summed E-state index contributed by atoms with van der Waals surface area (Å²) in [6.45, 7) is 0.332. The number of nitrogens with one attached hydrogen (secondary N) is 1. The van der Waals surface area contributed by atoms with Crippen LogP contribution in [0, 0.1) is 0 Å². The third kappa shape index (κ3) is 5.03. The van der Waals surface area contributed by atoms with Crippen molar-refractivity contribution in [3.8, 4) is 0 Å². The molecule has 8 heteroatoms. The van der Waals surface area contributed by atoms with Gasteiger partial charge in [-0.25, -0.2) is 0 Å². The van der Waals surface area contributed by atoms with E-state index < -0.39 is 30.8 Å². The van der Waals surface area contributed by atoms with E-state index in [2.05, 4.69) is 17.4 Å². The molecule has 2 aliphatic heterocycles. The molecule has 2 heterocycles. The van der Waals surface area contributed by atoms with Crippen molar-refractivity contribution in [2.45, 2.75) is 42.7 Å². The zero-order valence-corrected chi connectivity index (χ0v) is 18.2. The van der Waals surface area contributed by atoms with Gasteiger partial charge in [0.2, 0.25) is 0 Å². The van der Waals surface area contributed by atoms with E-state index in [4.69, 9.17) is 31.2 Å². The van der Waals surface area contributed by atoms with Gasteiger partial charge in [-0.1, -0.05) is 84.6 Å². The molecule has 2 aliphatic rings. The first-order valence-electron chi connectivity index (χ1n) is 9.81. The lowest BCUT2D eigenvalue weighted by atomic mass is 9.95. The molecule has 0 aromatic heterocycles. The van der Waals surface area contributed by atoms with Crippen LogP contribution in [-0.4, -0.2) is 53.8 Å². The predicted molar refractivity (Wildman–Crippen MR) is 119 cm³/mol. The number of aliphatic hydroxyl groups excluding tert-OH is 1. The number of benzene rings is 2. The van der Waals surface area contributed by atoms with Gasteiger partial charge in [-0.3, -0.25) is 0 Å². The molecule has 2 aromatic carbocycles. The Balaban J connectivity index is 1.45. The zero-order valence-electron chi connectivity index (χ0n) is 16.5. The summed E-state index contributed by atoms with van der Waals surface area (Å²) >= 11 is 7.06. The lowest BCUT2D eigenvalue weighted by Crippen LogP contribution is -2.66. The summed E-state index contributed by atoms with van der Waals surface area (Å²) in [6.07, 6.45) is -3.08. The van der Waals surface area contributed by atoms with E-state index in [1.807, 2.05) is 48.5 Å². The summed E-state index contributed by atoms with van der Waals surface area (Å²) in [5.74, 6) is 0.740. The van der Waals surface area contributed by atoms with Crippen LogP contribution in [0.2, 0.25) is 0 Å². The SMILES string of the molecule is CO[C@@H]1O[C@H]2CO[C@H](c3ccccc3)O[C@@H]2[C@@H](NC(=S)SCc2ccccc2)[C@@H]1O. The molecule has 6 nitrogen and oxygen atoms in total. The normalized spacial score (nSPS) is 31.0. The molecule has 160 valence electrons. The summed E-state index contributed by atoms with van der Waals surface area (Å²) in [6, 6.07) is 19.3. The molecule has 0 aliphatic carbocycles. The van der Waals surface area contributed by atoms with Gasteiger partial charge in [-0.05, 0) is 5.56 Å². The Kier molecular flexibility index (Phi) is 7.37. The number of fused-ring (bicyclic) bond motifs is 1.